The quantitative estimate of drug-likeness (QED) is 0.899. The highest BCUT2D eigenvalue weighted by Gasteiger charge is 2.42. The van der Waals surface area contributed by atoms with E-state index in [1.54, 1.807) is 7.11 Å². The van der Waals surface area contributed by atoms with Gasteiger partial charge in [0.1, 0.15) is 5.75 Å². The van der Waals surface area contributed by atoms with E-state index in [-0.39, 0.29) is 11.9 Å². The van der Waals surface area contributed by atoms with Gasteiger partial charge in [0.15, 0.2) is 0 Å². The molecular weight excluding hydrogens is 320 g/mol. The van der Waals surface area contributed by atoms with E-state index in [1.165, 1.54) is 0 Å². The number of rotatable bonds is 2. The Morgan fingerprint density at radius 3 is 2.85 bits per heavy atom. The lowest BCUT2D eigenvalue weighted by atomic mass is 9.98. The van der Waals surface area contributed by atoms with E-state index in [0.29, 0.717) is 17.4 Å². The van der Waals surface area contributed by atoms with Gasteiger partial charge in [-0.3, -0.25) is 4.79 Å². The van der Waals surface area contributed by atoms with Crippen molar-refractivity contribution in [1.29, 1.82) is 0 Å². The Hall–Kier alpha value is -1.07. The van der Waals surface area contributed by atoms with Crippen LogP contribution in [0.4, 0.5) is 0 Å². The van der Waals surface area contributed by atoms with Crippen LogP contribution in [0.5, 0.6) is 5.75 Å². The van der Waals surface area contributed by atoms with Crippen LogP contribution in [0.15, 0.2) is 22.7 Å². The van der Waals surface area contributed by atoms with Gasteiger partial charge < -0.3 is 15.4 Å². The van der Waals surface area contributed by atoms with Crippen LogP contribution >= 0.6 is 15.9 Å². The molecule has 0 aromatic heterocycles. The summed E-state index contributed by atoms with van der Waals surface area (Å²) < 4.78 is 6.00. The number of likely N-dealkylation sites (tertiary alicyclic amines) is 1. The van der Waals surface area contributed by atoms with Crippen molar-refractivity contribution in [1.82, 2.24) is 4.90 Å². The number of hydrogen-bond donors (Lipinski definition) is 1. The molecule has 2 N–H and O–H groups in total. The van der Waals surface area contributed by atoms with Gasteiger partial charge in [0.2, 0.25) is 0 Å². The zero-order valence-corrected chi connectivity index (χ0v) is 13.1. The molecule has 1 saturated carbocycles. The molecule has 2 aliphatic rings. The molecule has 0 bridgehead atoms. The third-order valence-electron chi connectivity index (χ3n) is 4.60. The highest BCUT2D eigenvalue weighted by molar-refractivity contribution is 9.10. The summed E-state index contributed by atoms with van der Waals surface area (Å²) in [6.07, 6.45) is 2.26. The van der Waals surface area contributed by atoms with Gasteiger partial charge in [-0.15, -0.1) is 0 Å². The molecule has 0 spiro atoms. The van der Waals surface area contributed by atoms with Crippen molar-refractivity contribution in [3.63, 3.8) is 0 Å². The zero-order valence-electron chi connectivity index (χ0n) is 11.5. The van der Waals surface area contributed by atoms with Crippen molar-refractivity contribution in [3.05, 3.63) is 28.2 Å². The first kappa shape index (κ1) is 13.9. The summed E-state index contributed by atoms with van der Waals surface area (Å²) in [7, 11) is 1.62. The number of nitrogens with zero attached hydrogens (tertiary/aromatic N) is 1. The Balaban J connectivity index is 1.75. The van der Waals surface area contributed by atoms with E-state index in [2.05, 4.69) is 15.9 Å². The van der Waals surface area contributed by atoms with Gasteiger partial charge in [-0.2, -0.15) is 0 Å². The van der Waals surface area contributed by atoms with E-state index < -0.39 is 0 Å². The third kappa shape index (κ3) is 2.33. The summed E-state index contributed by atoms with van der Waals surface area (Å²) in [4.78, 5) is 14.5. The summed E-state index contributed by atoms with van der Waals surface area (Å²) in [5.74, 6) is 1.91. The lowest BCUT2D eigenvalue weighted by Gasteiger charge is -2.19. The summed E-state index contributed by atoms with van der Waals surface area (Å²) in [5, 5.41) is 0. The van der Waals surface area contributed by atoms with Crippen LogP contribution in [-0.2, 0) is 0 Å². The Bertz CT molecular complexity index is 535. The van der Waals surface area contributed by atoms with Crippen LogP contribution in [0.1, 0.15) is 23.2 Å². The second kappa shape index (κ2) is 5.37. The number of ether oxygens (including phenoxy) is 1. The number of amides is 1. The summed E-state index contributed by atoms with van der Waals surface area (Å²) in [6, 6.07) is 5.73. The third-order valence-corrected chi connectivity index (χ3v) is 5.22. The monoisotopic (exact) mass is 338 g/mol. The topological polar surface area (TPSA) is 55.6 Å². The Morgan fingerprint density at radius 1 is 1.40 bits per heavy atom. The largest absolute Gasteiger partial charge is 0.496 e. The number of nitrogens with two attached hydrogens (primary N) is 1. The van der Waals surface area contributed by atoms with Gasteiger partial charge in [-0.25, -0.2) is 0 Å². The molecule has 2 fully saturated rings. The second-order valence-electron chi connectivity index (χ2n) is 5.72. The van der Waals surface area contributed by atoms with Gasteiger partial charge in [-0.05, 0) is 58.8 Å². The molecule has 3 rings (SSSR count). The number of methoxy groups -OCH3 is 1. The minimum Gasteiger partial charge on any atom is -0.496 e. The maximum absolute atomic E-state index is 12.6. The van der Waals surface area contributed by atoms with Crippen LogP contribution in [0.3, 0.4) is 0 Å². The fraction of sp³-hybridized carbons (Fsp3) is 0.533. The number of halogens is 1. The van der Waals surface area contributed by atoms with Crippen LogP contribution in [0, 0.1) is 11.8 Å². The van der Waals surface area contributed by atoms with Crippen LogP contribution in [-0.4, -0.2) is 37.0 Å². The average Bonchev–Trinajstić information content (AvgIpc) is 3.00. The lowest BCUT2D eigenvalue weighted by Crippen LogP contribution is -2.33. The lowest BCUT2D eigenvalue weighted by molar-refractivity contribution is 0.0779. The summed E-state index contributed by atoms with van der Waals surface area (Å²) in [6.45, 7) is 1.65. The van der Waals surface area contributed by atoms with Crippen molar-refractivity contribution >= 4 is 21.8 Å². The fourth-order valence-corrected chi connectivity index (χ4v) is 4.00. The smallest absolute Gasteiger partial charge is 0.253 e. The number of carbonyl (C=O) groups excluding carboxylic acids is 1. The zero-order chi connectivity index (χ0) is 14.3. The predicted molar refractivity (Wildman–Crippen MR) is 80.8 cm³/mol. The molecule has 1 aliphatic heterocycles. The molecule has 1 heterocycles. The number of fused-ring (bicyclic) bond motifs is 1. The van der Waals surface area contributed by atoms with E-state index in [4.69, 9.17) is 10.5 Å². The normalized spacial score (nSPS) is 28.6. The molecule has 0 radical (unpaired) electrons. The Kier molecular flexibility index (Phi) is 3.73. The Morgan fingerprint density at radius 2 is 2.20 bits per heavy atom. The van der Waals surface area contributed by atoms with Crippen molar-refractivity contribution in [2.24, 2.45) is 17.6 Å². The molecule has 1 amide bonds. The SMILES string of the molecule is COc1ccc(C(=O)N2CC3CCC(N)C3C2)cc1Br. The molecule has 1 aromatic rings. The van der Waals surface area contributed by atoms with Gasteiger partial charge in [0.25, 0.3) is 5.91 Å². The van der Waals surface area contributed by atoms with E-state index in [0.717, 1.165) is 36.2 Å². The maximum Gasteiger partial charge on any atom is 0.253 e. The van der Waals surface area contributed by atoms with Crippen LogP contribution in [0.2, 0.25) is 0 Å². The van der Waals surface area contributed by atoms with Crippen molar-refractivity contribution in [2.75, 3.05) is 20.2 Å². The fourth-order valence-electron chi connectivity index (χ4n) is 3.46. The summed E-state index contributed by atoms with van der Waals surface area (Å²) in [5.41, 5.74) is 6.82. The van der Waals surface area contributed by atoms with E-state index in [1.807, 2.05) is 23.1 Å². The van der Waals surface area contributed by atoms with Crippen molar-refractivity contribution in [3.8, 4) is 5.75 Å². The molecule has 1 aromatic carbocycles. The van der Waals surface area contributed by atoms with Crippen molar-refractivity contribution in [2.45, 2.75) is 18.9 Å². The molecule has 1 saturated heterocycles. The summed E-state index contributed by atoms with van der Waals surface area (Å²) >= 11 is 3.43. The minimum absolute atomic E-state index is 0.0925. The number of hydrogen-bond acceptors (Lipinski definition) is 3. The van der Waals surface area contributed by atoms with E-state index >= 15 is 0 Å². The highest BCUT2D eigenvalue weighted by atomic mass is 79.9. The van der Waals surface area contributed by atoms with Crippen LogP contribution in [0.25, 0.3) is 0 Å². The highest BCUT2D eigenvalue weighted by Crippen LogP contribution is 2.38. The first-order chi connectivity index (χ1) is 9.60. The molecule has 108 valence electrons. The molecule has 4 nitrogen and oxygen atoms in total. The van der Waals surface area contributed by atoms with Gasteiger partial charge >= 0.3 is 0 Å². The molecule has 5 heteroatoms. The first-order valence-electron chi connectivity index (χ1n) is 6.98. The molecule has 3 unspecified atom stereocenters. The molecular formula is C15H19BrN2O2. The molecule has 1 aliphatic carbocycles. The van der Waals surface area contributed by atoms with Gasteiger partial charge in [0, 0.05) is 24.7 Å². The number of benzene rings is 1. The minimum atomic E-state index is 0.0925. The van der Waals surface area contributed by atoms with E-state index in [9.17, 15) is 4.79 Å². The van der Waals surface area contributed by atoms with Gasteiger partial charge in [0.05, 0.1) is 11.6 Å². The second-order valence-corrected chi connectivity index (χ2v) is 6.58. The van der Waals surface area contributed by atoms with Crippen molar-refractivity contribution < 1.29 is 9.53 Å². The number of carbonyl (C=O) groups is 1. The predicted octanol–water partition coefficient (Wildman–Crippen LogP) is 2.27. The molecule has 20 heavy (non-hydrogen) atoms. The Labute approximate surface area is 127 Å². The average molecular weight is 339 g/mol. The first-order valence-corrected chi connectivity index (χ1v) is 7.78. The van der Waals surface area contributed by atoms with Gasteiger partial charge in [-0.1, -0.05) is 0 Å². The van der Waals surface area contributed by atoms with Crippen LogP contribution < -0.4 is 10.5 Å². The standard InChI is InChI=1S/C15H19BrN2O2/c1-20-14-5-3-9(6-12(14)16)15(19)18-7-10-2-4-13(17)11(10)8-18/h3,5-6,10-11,13H,2,4,7-8,17H2,1H3. The molecule has 3 atom stereocenters. The maximum atomic E-state index is 12.6.